The molecule has 0 bridgehead atoms. The zero-order valence-electron chi connectivity index (χ0n) is 9.78. The van der Waals surface area contributed by atoms with Crippen LogP contribution < -0.4 is 5.32 Å². The maximum absolute atomic E-state index is 11.6. The number of aromatic nitrogens is 2. The fourth-order valence-electron chi connectivity index (χ4n) is 1.72. The van der Waals surface area contributed by atoms with Gasteiger partial charge in [-0.1, -0.05) is 0 Å². The highest BCUT2D eigenvalue weighted by Crippen LogP contribution is 2.18. The van der Waals surface area contributed by atoms with Gasteiger partial charge < -0.3 is 9.88 Å². The number of aryl methyl sites for hydroxylation is 2. The lowest BCUT2D eigenvalue weighted by Gasteiger charge is -2.03. The molecule has 1 aliphatic carbocycles. The summed E-state index contributed by atoms with van der Waals surface area (Å²) in [6.45, 7) is 0.837. The standard InChI is InChI=1S/C12H19N3O/c1-15-9-8-14-12(15)5-4-11(16)6-7-13-10-2-3-10/h8-10,13H,2-7H2,1H3. The lowest BCUT2D eigenvalue weighted by molar-refractivity contribution is -0.119. The Morgan fingerprint density at radius 2 is 2.38 bits per heavy atom. The lowest BCUT2D eigenvalue weighted by Crippen LogP contribution is -2.20. The van der Waals surface area contributed by atoms with Crippen molar-refractivity contribution in [1.29, 1.82) is 0 Å². The van der Waals surface area contributed by atoms with Crippen LogP contribution in [0.4, 0.5) is 0 Å². The molecule has 0 unspecified atom stereocenters. The fourth-order valence-corrected chi connectivity index (χ4v) is 1.72. The van der Waals surface area contributed by atoms with Crippen molar-refractivity contribution in [1.82, 2.24) is 14.9 Å². The van der Waals surface area contributed by atoms with Crippen LogP contribution in [0.3, 0.4) is 0 Å². The van der Waals surface area contributed by atoms with E-state index in [1.54, 1.807) is 6.20 Å². The van der Waals surface area contributed by atoms with Gasteiger partial charge in [0.25, 0.3) is 0 Å². The third kappa shape index (κ3) is 3.45. The van der Waals surface area contributed by atoms with Crippen LogP contribution in [0, 0.1) is 0 Å². The van der Waals surface area contributed by atoms with Crippen LogP contribution in [-0.4, -0.2) is 27.9 Å². The summed E-state index contributed by atoms with van der Waals surface area (Å²) < 4.78 is 1.97. The largest absolute Gasteiger partial charge is 0.338 e. The molecule has 88 valence electrons. The highest BCUT2D eigenvalue weighted by atomic mass is 16.1. The molecule has 1 heterocycles. The molecular weight excluding hydrogens is 202 g/mol. The number of nitrogens with one attached hydrogen (secondary N) is 1. The van der Waals surface area contributed by atoms with Gasteiger partial charge in [-0.2, -0.15) is 0 Å². The predicted molar refractivity (Wildman–Crippen MR) is 62.2 cm³/mol. The number of nitrogens with zero attached hydrogens (tertiary/aromatic N) is 2. The van der Waals surface area contributed by atoms with Crippen LogP contribution in [0.25, 0.3) is 0 Å². The second-order valence-corrected chi connectivity index (χ2v) is 4.47. The smallest absolute Gasteiger partial charge is 0.134 e. The van der Waals surface area contributed by atoms with Gasteiger partial charge in [0.2, 0.25) is 0 Å². The summed E-state index contributed by atoms with van der Waals surface area (Å²) in [5, 5.41) is 3.35. The molecule has 0 saturated heterocycles. The van der Waals surface area contributed by atoms with Crippen molar-refractivity contribution in [2.45, 2.75) is 38.1 Å². The summed E-state index contributed by atoms with van der Waals surface area (Å²) in [5.74, 6) is 1.32. The van der Waals surface area contributed by atoms with Gasteiger partial charge in [0.15, 0.2) is 0 Å². The van der Waals surface area contributed by atoms with Crippen LogP contribution in [0.2, 0.25) is 0 Å². The Hall–Kier alpha value is -1.16. The first-order chi connectivity index (χ1) is 7.75. The van der Waals surface area contributed by atoms with Gasteiger partial charge in [0.05, 0.1) is 0 Å². The van der Waals surface area contributed by atoms with Crippen LogP contribution >= 0.6 is 0 Å². The van der Waals surface area contributed by atoms with Crippen LogP contribution in [0.15, 0.2) is 12.4 Å². The van der Waals surface area contributed by atoms with Crippen molar-refractivity contribution in [3.8, 4) is 0 Å². The molecule has 0 aliphatic heterocycles. The average Bonchev–Trinajstić information content (AvgIpc) is 2.99. The maximum atomic E-state index is 11.6. The van der Waals surface area contributed by atoms with Crippen molar-refractivity contribution in [3.05, 3.63) is 18.2 Å². The Kier molecular flexibility index (Phi) is 3.72. The van der Waals surface area contributed by atoms with E-state index in [1.165, 1.54) is 12.8 Å². The topological polar surface area (TPSA) is 46.9 Å². The molecule has 1 aromatic heterocycles. The number of rotatable bonds is 7. The molecule has 0 aromatic carbocycles. The van der Waals surface area contributed by atoms with Gasteiger partial charge in [-0.3, -0.25) is 4.79 Å². The van der Waals surface area contributed by atoms with Gasteiger partial charge >= 0.3 is 0 Å². The Morgan fingerprint density at radius 3 is 3.00 bits per heavy atom. The summed E-state index contributed by atoms with van der Waals surface area (Å²) in [4.78, 5) is 15.8. The normalized spacial score (nSPS) is 15.3. The molecule has 1 N–H and O–H groups in total. The molecule has 1 aliphatic rings. The van der Waals surface area contributed by atoms with Gasteiger partial charge in [-0.15, -0.1) is 0 Å². The molecule has 1 fully saturated rings. The van der Waals surface area contributed by atoms with Crippen LogP contribution in [-0.2, 0) is 18.3 Å². The van der Waals surface area contributed by atoms with E-state index < -0.39 is 0 Å². The van der Waals surface area contributed by atoms with E-state index in [4.69, 9.17) is 0 Å². The number of hydrogen-bond acceptors (Lipinski definition) is 3. The minimum absolute atomic E-state index is 0.330. The number of hydrogen-bond donors (Lipinski definition) is 1. The van der Waals surface area contributed by atoms with Gasteiger partial charge in [-0.25, -0.2) is 4.98 Å². The second kappa shape index (κ2) is 5.25. The molecule has 4 nitrogen and oxygen atoms in total. The Balaban J connectivity index is 1.61. The summed E-state index contributed by atoms with van der Waals surface area (Å²) in [6, 6.07) is 0.697. The first-order valence-electron chi connectivity index (χ1n) is 5.97. The van der Waals surface area contributed by atoms with Crippen molar-refractivity contribution in [3.63, 3.8) is 0 Å². The van der Waals surface area contributed by atoms with Crippen molar-refractivity contribution >= 4 is 5.78 Å². The molecule has 0 spiro atoms. The minimum atomic E-state index is 0.330. The fraction of sp³-hybridized carbons (Fsp3) is 0.667. The second-order valence-electron chi connectivity index (χ2n) is 4.47. The Bertz CT molecular complexity index is 355. The molecule has 0 amide bonds. The van der Waals surface area contributed by atoms with Crippen molar-refractivity contribution in [2.24, 2.45) is 7.05 Å². The highest BCUT2D eigenvalue weighted by molar-refractivity contribution is 5.78. The molecule has 0 radical (unpaired) electrons. The first kappa shape index (κ1) is 11.3. The van der Waals surface area contributed by atoms with E-state index in [2.05, 4.69) is 10.3 Å². The van der Waals surface area contributed by atoms with Gasteiger partial charge in [0.1, 0.15) is 11.6 Å². The quantitative estimate of drug-likeness (QED) is 0.749. The Morgan fingerprint density at radius 1 is 1.56 bits per heavy atom. The van der Waals surface area contributed by atoms with E-state index >= 15 is 0 Å². The molecular formula is C12H19N3O. The third-order valence-corrected chi connectivity index (χ3v) is 2.96. The van der Waals surface area contributed by atoms with Crippen molar-refractivity contribution < 1.29 is 4.79 Å². The number of imidazole rings is 1. The van der Waals surface area contributed by atoms with Crippen LogP contribution in [0.5, 0.6) is 0 Å². The number of Topliss-reactive ketones (excluding diaryl/α,β-unsaturated/α-hetero) is 1. The molecule has 2 rings (SSSR count). The molecule has 1 aromatic rings. The number of carbonyl (C=O) groups excluding carboxylic acids is 1. The van der Waals surface area contributed by atoms with E-state index in [0.717, 1.165) is 18.8 Å². The van der Waals surface area contributed by atoms with E-state index in [0.29, 0.717) is 24.7 Å². The summed E-state index contributed by atoms with van der Waals surface area (Å²) >= 11 is 0. The van der Waals surface area contributed by atoms with Crippen molar-refractivity contribution in [2.75, 3.05) is 6.54 Å². The summed E-state index contributed by atoms with van der Waals surface area (Å²) in [5.41, 5.74) is 0. The average molecular weight is 221 g/mol. The Labute approximate surface area is 96.1 Å². The number of carbonyl (C=O) groups is 1. The minimum Gasteiger partial charge on any atom is -0.338 e. The SMILES string of the molecule is Cn1ccnc1CCC(=O)CCNC1CC1. The molecule has 4 heteroatoms. The summed E-state index contributed by atoms with van der Waals surface area (Å²) in [7, 11) is 1.96. The number of ketones is 1. The molecule has 0 atom stereocenters. The van der Waals surface area contributed by atoms with Gasteiger partial charge in [0, 0.05) is 51.3 Å². The van der Waals surface area contributed by atoms with Crippen LogP contribution in [0.1, 0.15) is 31.5 Å². The predicted octanol–water partition coefficient (Wildman–Crippen LogP) is 1.06. The van der Waals surface area contributed by atoms with E-state index in [9.17, 15) is 4.79 Å². The monoisotopic (exact) mass is 221 g/mol. The van der Waals surface area contributed by atoms with E-state index in [1.807, 2.05) is 17.8 Å². The molecule has 16 heavy (non-hydrogen) atoms. The highest BCUT2D eigenvalue weighted by Gasteiger charge is 2.20. The lowest BCUT2D eigenvalue weighted by atomic mass is 10.1. The zero-order chi connectivity index (χ0) is 11.4. The zero-order valence-corrected chi connectivity index (χ0v) is 9.78. The van der Waals surface area contributed by atoms with Gasteiger partial charge in [-0.05, 0) is 12.8 Å². The maximum Gasteiger partial charge on any atom is 0.134 e. The first-order valence-corrected chi connectivity index (χ1v) is 5.97. The summed E-state index contributed by atoms with van der Waals surface area (Å²) in [6.07, 6.45) is 8.26. The van der Waals surface area contributed by atoms with E-state index in [-0.39, 0.29) is 0 Å². The third-order valence-electron chi connectivity index (χ3n) is 2.96. The molecule has 1 saturated carbocycles.